The van der Waals surface area contributed by atoms with Crippen molar-refractivity contribution in [2.75, 3.05) is 32.8 Å². The maximum atomic E-state index is 12.4. The highest BCUT2D eigenvalue weighted by molar-refractivity contribution is 5.85. The summed E-state index contributed by atoms with van der Waals surface area (Å²) < 4.78 is 5.27. The van der Waals surface area contributed by atoms with Crippen LogP contribution in [0, 0.1) is 34.5 Å². The van der Waals surface area contributed by atoms with Crippen molar-refractivity contribution in [1.29, 1.82) is 0 Å². The number of fused-ring (bicyclic) bond motifs is 5. The van der Waals surface area contributed by atoms with Gasteiger partial charge in [-0.05, 0) is 92.4 Å². The maximum absolute atomic E-state index is 12.4. The second-order valence-electron chi connectivity index (χ2n) is 13.1. The number of ether oxygens (including phenoxy) is 1. The number of hydrogen-bond donors (Lipinski definition) is 3. The van der Waals surface area contributed by atoms with Gasteiger partial charge in [0.1, 0.15) is 6.61 Å². The Labute approximate surface area is 205 Å². The zero-order valence-electron chi connectivity index (χ0n) is 21.2. The average molecular weight is 472 g/mol. The SMILES string of the molecule is C[C@]12CC[C@H](N3CCN[C@H](CN)C3)C[C@H]1CC[C@@H]1[C@@H]2CC[C@]2(C)[C@@H](C3=CC(=O)OC3)CC[C@]12O. The molecule has 4 N–H and O–H groups in total. The number of cyclic esters (lactones) is 1. The Hall–Kier alpha value is -0.950. The smallest absolute Gasteiger partial charge is 0.331 e. The van der Waals surface area contributed by atoms with Crippen LogP contribution in [0.3, 0.4) is 0 Å². The van der Waals surface area contributed by atoms with Crippen LogP contribution in [0.4, 0.5) is 0 Å². The lowest BCUT2D eigenvalue weighted by atomic mass is 9.43. The molecule has 0 aromatic carbocycles. The molecule has 0 amide bonds. The fourth-order valence-electron chi connectivity index (χ4n) is 10.1. The lowest BCUT2D eigenvalue weighted by molar-refractivity contribution is -0.206. The summed E-state index contributed by atoms with van der Waals surface area (Å²) in [6.45, 7) is 9.37. The zero-order chi connectivity index (χ0) is 23.7. The molecule has 6 rings (SSSR count). The number of hydrogen-bond acceptors (Lipinski definition) is 6. The molecule has 4 saturated carbocycles. The third-order valence-corrected chi connectivity index (χ3v) is 12.0. The molecule has 0 aromatic heterocycles. The summed E-state index contributed by atoms with van der Waals surface area (Å²) in [5.74, 6) is 1.88. The summed E-state index contributed by atoms with van der Waals surface area (Å²) in [5.41, 5.74) is 6.72. The van der Waals surface area contributed by atoms with Gasteiger partial charge in [0, 0.05) is 49.8 Å². The number of esters is 1. The summed E-state index contributed by atoms with van der Waals surface area (Å²) in [7, 11) is 0. The second kappa shape index (κ2) is 8.29. The van der Waals surface area contributed by atoms with Gasteiger partial charge in [0.15, 0.2) is 0 Å². The molecule has 5 fully saturated rings. The van der Waals surface area contributed by atoms with Gasteiger partial charge < -0.3 is 20.9 Å². The first-order chi connectivity index (χ1) is 16.3. The Kier molecular flexibility index (Phi) is 5.72. The molecular weight excluding hydrogens is 426 g/mol. The van der Waals surface area contributed by atoms with E-state index in [-0.39, 0.29) is 17.3 Å². The number of rotatable bonds is 3. The molecule has 1 saturated heterocycles. The van der Waals surface area contributed by atoms with Gasteiger partial charge in [-0.3, -0.25) is 4.90 Å². The highest BCUT2D eigenvalue weighted by atomic mass is 16.5. The van der Waals surface area contributed by atoms with Gasteiger partial charge in [-0.25, -0.2) is 4.79 Å². The van der Waals surface area contributed by atoms with Crippen molar-refractivity contribution in [1.82, 2.24) is 10.2 Å². The predicted molar refractivity (Wildman–Crippen MR) is 132 cm³/mol. The Morgan fingerprint density at radius 3 is 2.76 bits per heavy atom. The molecule has 6 aliphatic rings. The summed E-state index contributed by atoms with van der Waals surface area (Å²) in [5, 5.41) is 16.0. The standard InChI is InChI=1S/C28H45N3O3/c1-26-8-5-21(31-12-11-30-20(15-29)16-31)14-19(26)3-4-24-23(26)6-9-27(2)22(7-10-28(24,27)33)18-13-25(32)34-17-18/h13,19-24,30,33H,3-12,14-17,29H2,1-2H3/t19-,20-,21+,22-,23+,24-,26+,27-,28+/m1/s1. The molecule has 0 unspecified atom stereocenters. The van der Waals surface area contributed by atoms with Gasteiger partial charge in [0.2, 0.25) is 0 Å². The number of carbonyl (C=O) groups excluding carboxylic acids is 1. The van der Waals surface area contributed by atoms with Crippen LogP contribution >= 0.6 is 0 Å². The minimum Gasteiger partial charge on any atom is -0.458 e. The van der Waals surface area contributed by atoms with Crippen molar-refractivity contribution in [3.05, 3.63) is 11.6 Å². The Morgan fingerprint density at radius 1 is 1.15 bits per heavy atom. The number of nitrogens with zero attached hydrogens (tertiary/aromatic N) is 1. The van der Waals surface area contributed by atoms with E-state index in [1.165, 1.54) is 32.1 Å². The molecule has 0 aromatic rings. The third kappa shape index (κ3) is 3.31. The molecular formula is C28H45N3O3. The van der Waals surface area contributed by atoms with E-state index in [1.807, 2.05) is 0 Å². The van der Waals surface area contributed by atoms with E-state index >= 15 is 0 Å². The average Bonchev–Trinajstić information content (AvgIpc) is 3.38. The van der Waals surface area contributed by atoms with Crippen LogP contribution in [0.15, 0.2) is 11.6 Å². The van der Waals surface area contributed by atoms with Gasteiger partial charge in [0.25, 0.3) is 0 Å². The number of piperazine rings is 1. The number of nitrogens with one attached hydrogen (secondary N) is 1. The minimum absolute atomic E-state index is 0.133. The first-order valence-corrected chi connectivity index (χ1v) is 14.1. The topological polar surface area (TPSA) is 87.8 Å². The number of aliphatic hydroxyl groups is 1. The van der Waals surface area contributed by atoms with E-state index in [1.54, 1.807) is 6.08 Å². The fourth-order valence-corrected chi connectivity index (χ4v) is 10.1. The van der Waals surface area contributed by atoms with Gasteiger partial charge in [-0.1, -0.05) is 13.8 Å². The van der Waals surface area contributed by atoms with Crippen LogP contribution in [0.2, 0.25) is 0 Å². The van der Waals surface area contributed by atoms with E-state index in [4.69, 9.17) is 10.5 Å². The molecule has 6 nitrogen and oxygen atoms in total. The van der Waals surface area contributed by atoms with Crippen LogP contribution in [0.5, 0.6) is 0 Å². The first kappa shape index (κ1) is 23.4. The van der Waals surface area contributed by atoms with Gasteiger partial charge >= 0.3 is 5.97 Å². The molecule has 0 bridgehead atoms. The summed E-state index contributed by atoms with van der Waals surface area (Å²) in [4.78, 5) is 14.5. The quantitative estimate of drug-likeness (QED) is 0.549. The Balaban J connectivity index is 1.20. The van der Waals surface area contributed by atoms with Crippen molar-refractivity contribution >= 4 is 5.97 Å². The van der Waals surface area contributed by atoms with Crippen molar-refractivity contribution in [3.8, 4) is 0 Å². The molecule has 6 heteroatoms. The van der Waals surface area contributed by atoms with Crippen LogP contribution in [0.25, 0.3) is 0 Å². The molecule has 4 aliphatic carbocycles. The lowest BCUT2D eigenvalue weighted by Crippen LogP contribution is -2.63. The number of carbonyl (C=O) groups is 1. The van der Waals surface area contributed by atoms with Crippen molar-refractivity contribution in [2.45, 2.75) is 89.3 Å². The molecule has 9 atom stereocenters. The molecule has 0 radical (unpaired) electrons. The van der Waals surface area contributed by atoms with Crippen molar-refractivity contribution in [2.24, 2.45) is 40.2 Å². The highest BCUT2D eigenvalue weighted by Crippen LogP contribution is 2.70. The zero-order valence-corrected chi connectivity index (χ0v) is 21.2. The van der Waals surface area contributed by atoms with Gasteiger partial charge in [0.05, 0.1) is 5.60 Å². The van der Waals surface area contributed by atoms with E-state index in [0.717, 1.165) is 63.4 Å². The van der Waals surface area contributed by atoms with Crippen molar-refractivity contribution < 1.29 is 14.6 Å². The normalized spacial score (nSPS) is 51.3. The lowest BCUT2D eigenvalue weighted by Gasteiger charge is -2.64. The number of nitrogens with two attached hydrogens (primary N) is 1. The van der Waals surface area contributed by atoms with Crippen LogP contribution < -0.4 is 11.1 Å². The Morgan fingerprint density at radius 2 is 2.00 bits per heavy atom. The second-order valence-corrected chi connectivity index (χ2v) is 13.1. The monoisotopic (exact) mass is 471 g/mol. The summed E-state index contributed by atoms with van der Waals surface area (Å²) in [6, 6.07) is 1.14. The fraction of sp³-hybridized carbons (Fsp3) is 0.893. The van der Waals surface area contributed by atoms with Crippen LogP contribution in [-0.2, 0) is 9.53 Å². The molecule has 190 valence electrons. The highest BCUT2D eigenvalue weighted by Gasteiger charge is 2.67. The predicted octanol–water partition coefficient (Wildman–Crippen LogP) is 2.84. The van der Waals surface area contributed by atoms with E-state index < -0.39 is 5.60 Å². The molecule has 0 spiro atoms. The van der Waals surface area contributed by atoms with E-state index in [9.17, 15) is 9.90 Å². The maximum Gasteiger partial charge on any atom is 0.331 e. The van der Waals surface area contributed by atoms with Crippen LogP contribution in [0.1, 0.15) is 71.6 Å². The first-order valence-electron chi connectivity index (χ1n) is 14.1. The van der Waals surface area contributed by atoms with Crippen molar-refractivity contribution in [3.63, 3.8) is 0 Å². The largest absolute Gasteiger partial charge is 0.458 e. The van der Waals surface area contributed by atoms with E-state index in [0.29, 0.717) is 35.9 Å². The molecule has 34 heavy (non-hydrogen) atoms. The third-order valence-electron chi connectivity index (χ3n) is 12.0. The van der Waals surface area contributed by atoms with E-state index in [2.05, 4.69) is 24.1 Å². The van der Waals surface area contributed by atoms with Crippen LogP contribution in [-0.4, -0.2) is 66.4 Å². The summed E-state index contributed by atoms with van der Waals surface area (Å²) in [6.07, 6.45) is 12.2. The molecule has 2 aliphatic heterocycles. The van der Waals surface area contributed by atoms with Gasteiger partial charge in [-0.15, -0.1) is 0 Å². The Bertz CT molecular complexity index is 862. The summed E-state index contributed by atoms with van der Waals surface area (Å²) >= 11 is 0. The minimum atomic E-state index is -0.606. The van der Waals surface area contributed by atoms with Gasteiger partial charge in [-0.2, -0.15) is 0 Å². The molecule has 2 heterocycles.